The van der Waals surface area contributed by atoms with Crippen LogP contribution in [-0.2, 0) is 40.4 Å². The van der Waals surface area contributed by atoms with Crippen LogP contribution < -0.4 is 0 Å². The number of furan rings is 1. The molecule has 3 aromatic carbocycles. The summed E-state index contributed by atoms with van der Waals surface area (Å²) < 4.78 is 83.7. The first-order valence-electron chi connectivity index (χ1n) is 12.9. The van der Waals surface area contributed by atoms with Crippen molar-refractivity contribution >= 4 is 26.7 Å². The van der Waals surface area contributed by atoms with Crippen LogP contribution in [-0.4, -0.2) is 35.1 Å². The zero-order valence-corrected chi connectivity index (χ0v) is 23.2. The van der Waals surface area contributed by atoms with Crippen LogP contribution in [0.5, 0.6) is 0 Å². The number of nitrogens with zero attached hydrogens (tertiary/aromatic N) is 2. The van der Waals surface area contributed by atoms with E-state index in [1.807, 2.05) is 4.90 Å². The van der Waals surface area contributed by atoms with Crippen LogP contribution in [0.2, 0.25) is 0 Å². The molecule has 5 rings (SSSR count). The van der Waals surface area contributed by atoms with Gasteiger partial charge in [-0.3, -0.25) is 14.7 Å². The van der Waals surface area contributed by atoms with E-state index in [0.717, 1.165) is 11.6 Å². The summed E-state index contributed by atoms with van der Waals surface area (Å²) >= 11 is 0. The minimum atomic E-state index is -4.62. The fraction of sp³-hybridized carbons (Fsp3) is 0.161. The van der Waals surface area contributed by atoms with Crippen molar-refractivity contribution in [2.75, 3.05) is 5.75 Å². The van der Waals surface area contributed by atoms with Crippen LogP contribution in [0, 0.1) is 5.82 Å². The number of aliphatic carboxylic acids is 1. The highest BCUT2D eigenvalue weighted by atomic mass is 32.2. The van der Waals surface area contributed by atoms with Crippen LogP contribution >= 0.6 is 0 Å². The number of carboxylic acids is 1. The van der Waals surface area contributed by atoms with E-state index in [4.69, 9.17) is 9.52 Å². The molecule has 0 aliphatic carbocycles. The third kappa shape index (κ3) is 7.09. The summed E-state index contributed by atoms with van der Waals surface area (Å²) in [6.07, 6.45) is -3.08. The van der Waals surface area contributed by atoms with E-state index in [1.165, 1.54) is 30.3 Å². The summed E-state index contributed by atoms with van der Waals surface area (Å²) in [5, 5.41) is 9.26. The van der Waals surface area contributed by atoms with Gasteiger partial charge in [0.25, 0.3) is 0 Å². The van der Waals surface area contributed by atoms with E-state index in [2.05, 4.69) is 4.98 Å². The number of sulfone groups is 1. The molecule has 222 valence electrons. The zero-order chi connectivity index (χ0) is 30.8. The number of aromatic nitrogens is 1. The number of hydrogen-bond acceptors (Lipinski definition) is 6. The Morgan fingerprint density at radius 3 is 2.35 bits per heavy atom. The van der Waals surface area contributed by atoms with E-state index in [0.29, 0.717) is 27.6 Å². The molecular weight excluding hydrogens is 588 g/mol. The smallest absolute Gasteiger partial charge is 0.449 e. The Morgan fingerprint density at radius 1 is 0.884 bits per heavy atom. The van der Waals surface area contributed by atoms with Gasteiger partial charge in [-0.25, -0.2) is 12.8 Å². The maximum absolute atomic E-state index is 14.4. The molecule has 0 aliphatic heterocycles. The molecule has 0 aliphatic rings. The second-order valence-corrected chi connectivity index (χ2v) is 11.9. The molecule has 0 saturated carbocycles. The molecule has 0 saturated heterocycles. The van der Waals surface area contributed by atoms with Gasteiger partial charge in [0.1, 0.15) is 11.6 Å². The SMILES string of the molecule is O=C(O)CS(=O)(=O)c1cccc(-c2ccc(CN(Cc3ccc(C(F)(F)F)o3)Cc3ccc(F)c4cccnc34)cc2)c1. The van der Waals surface area contributed by atoms with Crippen molar-refractivity contribution in [1.29, 1.82) is 0 Å². The number of halogens is 4. The number of pyridine rings is 1. The summed E-state index contributed by atoms with van der Waals surface area (Å²) in [5.74, 6) is -3.91. The lowest BCUT2D eigenvalue weighted by molar-refractivity contribution is -0.153. The maximum Gasteiger partial charge on any atom is 0.449 e. The molecule has 0 bridgehead atoms. The van der Waals surface area contributed by atoms with E-state index < -0.39 is 39.3 Å². The van der Waals surface area contributed by atoms with Crippen molar-refractivity contribution in [2.24, 2.45) is 0 Å². The molecule has 2 heterocycles. The molecule has 43 heavy (non-hydrogen) atoms. The summed E-state index contributed by atoms with van der Waals surface area (Å²) in [7, 11) is -4.01. The fourth-order valence-electron chi connectivity index (χ4n) is 4.74. The minimum absolute atomic E-state index is 0.0209. The first-order chi connectivity index (χ1) is 20.4. The average Bonchev–Trinajstić information content (AvgIpc) is 3.44. The lowest BCUT2D eigenvalue weighted by Crippen LogP contribution is -2.22. The van der Waals surface area contributed by atoms with E-state index in [9.17, 15) is 30.8 Å². The molecule has 0 radical (unpaired) electrons. The standard InChI is InChI=1S/C31H24F4N2O5S/c32-27-12-10-23(30-26(27)5-2-14-36-30)17-37(18-24-11-13-28(42-24)31(33,34)35)16-20-6-8-21(9-7-20)22-3-1-4-25(15-22)43(40,41)19-29(38)39/h1-15H,16-19H2,(H,38,39). The highest BCUT2D eigenvalue weighted by Gasteiger charge is 2.35. The third-order valence-electron chi connectivity index (χ3n) is 6.71. The molecule has 0 unspecified atom stereocenters. The van der Waals surface area contributed by atoms with Gasteiger partial charge in [-0.2, -0.15) is 13.2 Å². The van der Waals surface area contributed by atoms with Gasteiger partial charge < -0.3 is 9.52 Å². The average molecular weight is 613 g/mol. The zero-order valence-electron chi connectivity index (χ0n) is 22.4. The van der Waals surface area contributed by atoms with Gasteiger partial charge in [-0.1, -0.05) is 42.5 Å². The van der Waals surface area contributed by atoms with E-state index >= 15 is 0 Å². The number of benzene rings is 3. The summed E-state index contributed by atoms with van der Waals surface area (Å²) in [4.78, 5) is 17.0. The number of fused-ring (bicyclic) bond motifs is 1. The quantitative estimate of drug-likeness (QED) is 0.175. The third-order valence-corrected chi connectivity index (χ3v) is 8.31. The topological polar surface area (TPSA) is 101 Å². The second-order valence-electron chi connectivity index (χ2n) is 9.89. The monoisotopic (exact) mass is 612 g/mol. The number of hydrogen-bond donors (Lipinski definition) is 1. The molecule has 1 N–H and O–H groups in total. The van der Waals surface area contributed by atoms with Crippen LogP contribution in [0.4, 0.5) is 17.6 Å². The predicted octanol–water partition coefficient (Wildman–Crippen LogP) is 6.71. The molecule has 12 heteroatoms. The van der Waals surface area contributed by atoms with Gasteiger partial charge in [0.15, 0.2) is 15.6 Å². The number of carboxylic acid groups (broad SMARTS) is 1. The first kappa shape index (κ1) is 29.9. The molecule has 0 amide bonds. The molecule has 0 atom stereocenters. The highest BCUT2D eigenvalue weighted by molar-refractivity contribution is 7.92. The lowest BCUT2D eigenvalue weighted by atomic mass is 10.0. The Morgan fingerprint density at radius 2 is 1.65 bits per heavy atom. The van der Waals surface area contributed by atoms with Crippen LogP contribution in [0.25, 0.3) is 22.0 Å². The molecule has 5 aromatic rings. The molecule has 2 aromatic heterocycles. The minimum Gasteiger partial charge on any atom is -0.480 e. The summed E-state index contributed by atoms with van der Waals surface area (Å²) in [6, 6.07) is 21.4. The predicted molar refractivity (Wildman–Crippen MR) is 150 cm³/mol. The fourth-order valence-corrected chi connectivity index (χ4v) is 5.83. The molecular formula is C31H24F4N2O5S. The van der Waals surface area contributed by atoms with Crippen LogP contribution in [0.3, 0.4) is 0 Å². The van der Waals surface area contributed by atoms with Crippen LogP contribution in [0.1, 0.15) is 22.6 Å². The Bertz CT molecular complexity index is 1890. The van der Waals surface area contributed by atoms with Gasteiger partial charge >= 0.3 is 12.1 Å². The Kier molecular flexibility index (Phi) is 8.34. The molecule has 0 fully saturated rings. The molecule has 7 nitrogen and oxygen atoms in total. The Balaban J connectivity index is 1.42. The van der Waals surface area contributed by atoms with Crippen molar-refractivity contribution in [3.63, 3.8) is 0 Å². The number of rotatable bonds is 10. The first-order valence-corrected chi connectivity index (χ1v) is 14.6. The van der Waals surface area contributed by atoms with Crippen molar-refractivity contribution in [3.8, 4) is 11.1 Å². The number of carbonyl (C=O) groups is 1. The maximum atomic E-state index is 14.4. The number of alkyl halides is 3. The van der Waals surface area contributed by atoms with Gasteiger partial charge in [0.2, 0.25) is 5.76 Å². The van der Waals surface area contributed by atoms with Crippen molar-refractivity contribution in [2.45, 2.75) is 30.7 Å². The van der Waals surface area contributed by atoms with E-state index in [-0.39, 0.29) is 30.3 Å². The summed E-state index contributed by atoms with van der Waals surface area (Å²) in [5.41, 5.74) is 3.15. The van der Waals surface area contributed by atoms with Crippen molar-refractivity contribution in [1.82, 2.24) is 9.88 Å². The van der Waals surface area contributed by atoms with Crippen molar-refractivity contribution < 1.29 is 40.3 Å². The largest absolute Gasteiger partial charge is 0.480 e. The van der Waals surface area contributed by atoms with Gasteiger partial charge in [0.05, 0.1) is 17.0 Å². The highest BCUT2D eigenvalue weighted by Crippen LogP contribution is 2.32. The van der Waals surface area contributed by atoms with Crippen molar-refractivity contribution in [3.05, 3.63) is 120 Å². The van der Waals surface area contributed by atoms with E-state index in [1.54, 1.807) is 54.7 Å². The summed E-state index contributed by atoms with van der Waals surface area (Å²) in [6.45, 7) is 0.523. The molecule has 0 spiro atoms. The second kappa shape index (κ2) is 12.0. The van der Waals surface area contributed by atoms with Gasteiger partial charge in [0, 0.05) is 24.7 Å². The van der Waals surface area contributed by atoms with Crippen LogP contribution in [0.15, 0.2) is 100 Å². The Labute approximate surface area is 243 Å². The normalized spacial score (nSPS) is 12.2. The Hall–Kier alpha value is -4.55. The lowest BCUT2D eigenvalue weighted by Gasteiger charge is -2.22. The van der Waals surface area contributed by atoms with Gasteiger partial charge in [-0.15, -0.1) is 0 Å². The van der Waals surface area contributed by atoms with Gasteiger partial charge in [-0.05, 0) is 64.7 Å².